The number of H-pyrrole nitrogens is 2. The van der Waals surface area contributed by atoms with Crippen molar-refractivity contribution < 1.29 is 24.3 Å². The second-order valence-corrected chi connectivity index (χ2v) is 11.2. The number of amides is 3. The third-order valence-electron chi connectivity index (χ3n) is 7.16. The van der Waals surface area contributed by atoms with Crippen LogP contribution in [-0.2, 0) is 32.0 Å². The molecule has 2 aromatic heterocycles. The van der Waals surface area contributed by atoms with E-state index < -0.39 is 47.9 Å². The van der Waals surface area contributed by atoms with E-state index in [0.717, 1.165) is 32.9 Å². The number of carbonyl (C=O) groups is 4. The summed E-state index contributed by atoms with van der Waals surface area (Å²) in [5, 5.41) is 19.2. The van der Waals surface area contributed by atoms with E-state index in [-0.39, 0.29) is 19.3 Å². The lowest BCUT2D eigenvalue weighted by atomic mass is 10.0. The number of aromatic amines is 2. The number of nitrogens with two attached hydrogens (primary N) is 1. The lowest BCUT2D eigenvalue weighted by Crippen LogP contribution is -2.57. The second-order valence-electron chi connectivity index (χ2n) is 10.2. The molecule has 42 heavy (non-hydrogen) atoms. The number of fused-ring (bicyclic) bond motifs is 2. The lowest BCUT2D eigenvalue weighted by Gasteiger charge is -2.23. The molecule has 4 unspecified atom stereocenters. The fraction of sp³-hybridized carbons (Fsp3) is 0.333. The van der Waals surface area contributed by atoms with Crippen LogP contribution >= 0.6 is 11.8 Å². The topological polar surface area (TPSA) is 182 Å². The first-order valence-corrected chi connectivity index (χ1v) is 15.1. The van der Waals surface area contributed by atoms with Gasteiger partial charge >= 0.3 is 5.97 Å². The van der Waals surface area contributed by atoms with E-state index >= 15 is 0 Å². The molecule has 0 spiro atoms. The number of benzene rings is 2. The van der Waals surface area contributed by atoms with Crippen molar-refractivity contribution in [2.75, 3.05) is 12.0 Å². The molecule has 4 aromatic rings. The molecule has 0 saturated carbocycles. The average Bonchev–Trinajstić information content (AvgIpc) is 3.58. The maximum atomic E-state index is 13.5. The van der Waals surface area contributed by atoms with Crippen molar-refractivity contribution in [3.8, 4) is 0 Å². The average molecular weight is 593 g/mol. The fourth-order valence-electron chi connectivity index (χ4n) is 4.81. The van der Waals surface area contributed by atoms with E-state index in [0.29, 0.717) is 5.75 Å². The van der Waals surface area contributed by atoms with Gasteiger partial charge in [-0.3, -0.25) is 14.4 Å². The van der Waals surface area contributed by atoms with Crippen LogP contribution in [0.15, 0.2) is 60.9 Å². The summed E-state index contributed by atoms with van der Waals surface area (Å²) in [6, 6.07) is 11.2. The Kier molecular flexibility index (Phi) is 10.3. The Bertz CT molecular complexity index is 1570. The molecular weight excluding hydrogens is 556 g/mol. The summed E-state index contributed by atoms with van der Waals surface area (Å²) in [6.07, 6.45) is 6.08. The highest BCUT2D eigenvalue weighted by atomic mass is 32.2. The summed E-state index contributed by atoms with van der Waals surface area (Å²) in [5.41, 5.74) is 9.80. The molecule has 0 aliphatic rings. The number of aliphatic carboxylic acids is 1. The Balaban J connectivity index is 1.48. The van der Waals surface area contributed by atoms with Gasteiger partial charge in [-0.25, -0.2) is 4.79 Å². The van der Waals surface area contributed by atoms with Gasteiger partial charge in [0.25, 0.3) is 0 Å². The first-order valence-electron chi connectivity index (χ1n) is 13.7. The quantitative estimate of drug-likeness (QED) is 0.117. The van der Waals surface area contributed by atoms with Crippen LogP contribution in [-0.4, -0.2) is 74.9 Å². The van der Waals surface area contributed by atoms with Crippen molar-refractivity contribution in [2.24, 2.45) is 5.73 Å². The van der Waals surface area contributed by atoms with Gasteiger partial charge in [0.15, 0.2) is 0 Å². The van der Waals surface area contributed by atoms with Gasteiger partial charge in [0.1, 0.15) is 18.1 Å². The van der Waals surface area contributed by atoms with Gasteiger partial charge < -0.3 is 36.8 Å². The van der Waals surface area contributed by atoms with Crippen molar-refractivity contribution in [2.45, 2.75) is 50.4 Å². The number of hydrogen-bond acceptors (Lipinski definition) is 6. The lowest BCUT2D eigenvalue weighted by molar-refractivity contribution is -0.142. The van der Waals surface area contributed by atoms with Crippen LogP contribution in [0.1, 0.15) is 24.5 Å². The highest BCUT2D eigenvalue weighted by Crippen LogP contribution is 2.21. The van der Waals surface area contributed by atoms with Gasteiger partial charge in [0.2, 0.25) is 17.7 Å². The molecule has 4 atom stereocenters. The van der Waals surface area contributed by atoms with E-state index in [4.69, 9.17) is 5.73 Å². The molecular formula is C30H36N6O5S. The van der Waals surface area contributed by atoms with Crippen LogP contribution in [0.25, 0.3) is 21.8 Å². The van der Waals surface area contributed by atoms with Crippen molar-refractivity contribution in [1.29, 1.82) is 0 Å². The smallest absolute Gasteiger partial charge is 0.326 e. The van der Waals surface area contributed by atoms with E-state index in [1.165, 1.54) is 18.7 Å². The summed E-state index contributed by atoms with van der Waals surface area (Å²) >= 11 is 1.47. The largest absolute Gasteiger partial charge is 0.480 e. The SMILES string of the molecule is CSCCC(NC(=O)C(C)NC(=O)C(Cc1c[nH]c2ccccc12)NC(=O)C(N)Cc1c[nH]c2ccccc12)C(=O)O. The number of carboxylic acid groups (broad SMARTS) is 1. The molecule has 0 bridgehead atoms. The number of hydrogen-bond donors (Lipinski definition) is 7. The zero-order valence-corrected chi connectivity index (χ0v) is 24.3. The summed E-state index contributed by atoms with van der Waals surface area (Å²) in [5.74, 6) is -2.34. The summed E-state index contributed by atoms with van der Waals surface area (Å²) in [4.78, 5) is 57.4. The molecule has 0 fully saturated rings. The van der Waals surface area contributed by atoms with Crippen molar-refractivity contribution in [3.05, 3.63) is 72.1 Å². The summed E-state index contributed by atoms with van der Waals surface area (Å²) in [7, 11) is 0. The Morgan fingerprint density at radius 1 is 0.810 bits per heavy atom. The molecule has 222 valence electrons. The third-order valence-corrected chi connectivity index (χ3v) is 7.80. The van der Waals surface area contributed by atoms with E-state index in [1.807, 2.05) is 61.0 Å². The third kappa shape index (κ3) is 7.51. The van der Waals surface area contributed by atoms with Crippen molar-refractivity contribution in [1.82, 2.24) is 25.9 Å². The molecule has 11 nitrogen and oxygen atoms in total. The number of carboxylic acids is 1. The molecule has 2 aromatic carbocycles. The first-order chi connectivity index (χ1) is 20.2. The van der Waals surface area contributed by atoms with E-state index in [2.05, 4.69) is 25.9 Å². The number of carbonyl (C=O) groups excluding carboxylic acids is 3. The molecule has 0 saturated heterocycles. The molecule has 0 radical (unpaired) electrons. The number of para-hydroxylation sites is 2. The zero-order valence-electron chi connectivity index (χ0n) is 23.5. The van der Waals surface area contributed by atoms with Gasteiger partial charge in [-0.15, -0.1) is 0 Å². The summed E-state index contributed by atoms with van der Waals surface area (Å²) < 4.78 is 0. The number of rotatable bonds is 14. The van der Waals surface area contributed by atoms with Crippen LogP contribution in [0, 0.1) is 0 Å². The predicted molar refractivity (Wildman–Crippen MR) is 164 cm³/mol. The number of aromatic nitrogens is 2. The van der Waals surface area contributed by atoms with E-state index in [9.17, 15) is 24.3 Å². The molecule has 4 rings (SSSR count). The van der Waals surface area contributed by atoms with Gasteiger partial charge in [-0.2, -0.15) is 11.8 Å². The Labute approximate surface area is 247 Å². The normalized spacial score (nSPS) is 14.2. The minimum atomic E-state index is -1.15. The maximum absolute atomic E-state index is 13.5. The number of thioether (sulfide) groups is 1. The molecule has 2 heterocycles. The fourth-order valence-corrected chi connectivity index (χ4v) is 5.28. The van der Waals surface area contributed by atoms with Crippen LogP contribution in [0.2, 0.25) is 0 Å². The Morgan fingerprint density at radius 2 is 1.36 bits per heavy atom. The van der Waals surface area contributed by atoms with Crippen molar-refractivity contribution in [3.63, 3.8) is 0 Å². The van der Waals surface area contributed by atoms with E-state index in [1.54, 1.807) is 6.20 Å². The minimum absolute atomic E-state index is 0.140. The molecule has 3 amide bonds. The van der Waals surface area contributed by atoms with Gasteiger partial charge in [0, 0.05) is 40.6 Å². The van der Waals surface area contributed by atoms with Crippen LogP contribution in [0.3, 0.4) is 0 Å². The molecule has 0 aliphatic heterocycles. The molecule has 0 aliphatic carbocycles. The highest BCUT2D eigenvalue weighted by Gasteiger charge is 2.29. The summed E-state index contributed by atoms with van der Waals surface area (Å²) in [6.45, 7) is 1.47. The zero-order chi connectivity index (χ0) is 30.2. The highest BCUT2D eigenvalue weighted by molar-refractivity contribution is 7.98. The minimum Gasteiger partial charge on any atom is -0.480 e. The first kappa shape index (κ1) is 30.7. The predicted octanol–water partition coefficient (Wildman–Crippen LogP) is 2.07. The van der Waals surface area contributed by atoms with Crippen LogP contribution < -0.4 is 21.7 Å². The Morgan fingerprint density at radius 3 is 1.93 bits per heavy atom. The standard InChI is InChI=1S/C30H36N6O5S/c1-17(27(37)35-25(30(40)41)11-12-42-2)34-29(39)26(14-19-16-33-24-10-6-4-8-21(19)24)36-28(38)22(31)13-18-15-32-23-9-5-3-7-20(18)23/h3-10,15-17,22,25-26,32-33H,11-14,31H2,1-2H3,(H,34,39)(H,35,37)(H,36,38)(H,40,41). The van der Waals surface area contributed by atoms with Crippen LogP contribution in [0.4, 0.5) is 0 Å². The van der Waals surface area contributed by atoms with Gasteiger partial charge in [0.05, 0.1) is 6.04 Å². The monoisotopic (exact) mass is 592 g/mol. The van der Waals surface area contributed by atoms with Gasteiger partial charge in [-0.1, -0.05) is 36.4 Å². The maximum Gasteiger partial charge on any atom is 0.326 e. The number of nitrogens with one attached hydrogen (secondary N) is 5. The molecule has 8 N–H and O–H groups in total. The van der Waals surface area contributed by atoms with Gasteiger partial charge in [-0.05, 0) is 55.0 Å². The van der Waals surface area contributed by atoms with Crippen LogP contribution in [0.5, 0.6) is 0 Å². The Hall–Kier alpha value is -4.29. The molecule has 12 heteroatoms. The van der Waals surface area contributed by atoms with Crippen molar-refractivity contribution >= 4 is 57.3 Å². The second kappa shape index (κ2) is 14.1.